The van der Waals surface area contributed by atoms with Crippen LogP contribution in [0.1, 0.15) is 74.9 Å². The van der Waals surface area contributed by atoms with Crippen molar-refractivity contribution < 1.29 is 4.74 Å². The van der Waals surface area contributed by atoms with Gasteiger partial charge in [0.25, 0.3) is 0 Å². The highest BCUT2D eigenvalue weighted by molar-refractivity contribution is 6.19. The fourth-order valence-electron chi connectivity index (χ4n) is 15.3. The molecule has 0 radical (unpaired) electrons. The van der Waals surface area contributed by atoms with Crippen LogP contribution in [-0.4, -0.2) is 16.2 Å². The summed E-state index contributed by atoms with van der Waals surface area (Å²) in [5, 5.41) is 2.36. The second-order valence-electron chi connectivity index (χ2n) is 27.1. The zero-order valence-corrected chi connectivity index (χ0v) is 52.6. The van der Waals surface area contributed by atoms with Gasteiger partial charge in [-0.2, -0.15) is 0 Å². The Kier molecular flexibility index (Phi) is 12.6. The average Bonchev–Trinajstić information content (AvgIpc) is 1.50. The number of ether oxygens (including phenoxy) is 1. The molecule has 14 aromatic rings. The standard InChI is InChI=1S/C87H68N4O/c1-85(2,3)62-47-48-88-81(52-62)91-79-46-45-76-82(71-31-15-18-36-75(71)87(76)73-34-16-13-29-69(73)70-30-14-17-35-74(70)87)83(79)72-44-43-66(54-80(72)91)92-65-28-21-27-64(53-65)89-55-90(78-38-20-19-37-77(78)89)84-67(59-41-39-58(40-42-59)56-23-9-7-10-24-56)32-22-33-68(84)61-49-60(57-25-11-8-12-26-57)50-63(51-61)86(4,5)6/h7-54H,55H2,1-6H3. The highest BCUT2D eigenvalue weighted by atomic mass is 16.5. The molecule has 5 nitrogen and oxygen atoms in total. The summed E-state index contributed by atoms with van der Waals surface area (Å²) in [6.45, 7) is 14.3. The van der Waals surface area contributed by atoms with Crippen molar-refractivity contribution in [2.45, 2.75) is 57.8 Å². The molecule has 17 rings (SSSR count). The Morgan fingerprint density at radius 1 is 0.370 bits per heavy atom. The minimum absolute atomic E-state index is 0.0934. The van der Waals surface area contributed by atoms with Crippen LogP contribution in [-0.2, 0) is 16.2 Å². The summed E-state index contributed by atoms with van der Waals surface area (Å²) in [6, 6.07) is 105. The molecule has 2 aliphatic carbocycles. The lowest BCUT2D eigenvalue weighted by Crippen LogP contribution is -2.25. The Morgan fingerprint density at radius 3 is 1.60 bits per heavy atom. The molecule has 1 spiro atoms. The van der Waals surface area contributed by atoms with E-state index in [1.807, 2.05) is 6.20 Å². The summed E-state index contributed by atoms with van der Waals surface area (Å²) in [6.07, 6.45) is 1.97. The lowest BCUT2D eigenvalue weighted by molar-refractivity contribution is 0.483. The van der Waals surface area contributed by atoms with E-state index in [1.165, 1.54) is 94.4 Å². The monoisotopic (exact) mass is 1180 g/mol. The molecule has 12 aromatic carbocycles. The number of anilines is 4. The van der Waals surface area contributed by atoms with Gasteiger partial charge in [0.05, 0.1) is 33.5 Å². The summed E-state index contributed by atoms with van der Waals surface area (Å²) < 4.78 is 9.53. The number of fused-ring (bicyclic) bond motifs is 15. The van der Waals surface area contributed by atoms with Gasteiger partial charge in [-0.25, -0.2) is 4.98 Å². The van der Waals surface area contributed by atoms with Gasteiger partial charge >= 0.3 is 0 Å². The molecule has 3 aliphatic rings. The normalized spacial score (nSPS) is 13.5. The number of nitrogens with zero attached hydrogens (tertiary/aromatic N) is 4. The first-order valence-electron chi connectivity index (χ1n) is 32.2. The van der Waals surface area contributed by atoms with E-state index in [2.05, 4.69) is 341 Å². The molecule has 3 heterocycles. The second kappa shape index (κ2) is 21.0. The van der Waals surface area contributed by atoms with Gasteiger partial charge < -0.3 is 14.5 Å². The van der Waals surface area contributed by atoms with Crippen molar-refractivity contribution >= 4 is 44.6 Å². The number of benzene rings is 12. The van der Waals surface area contributed by atoms with Gasteiger partial charge in [-0.3, -0.25) is 4.57 Å². The number of aromatic nitrogens is 2. The first-order chi connectivity index (χ1) is 44.9. The molecule has 0 amide bonds. The van der Waals surface area contributed by atoms with Crippen molar-refractivity contribution in [2.24, 2.45) is 0 Å². The van der Waals surface area contributed by atoms with Gasteiger partial charge in [0.2, 0.25) is 0 Å². The average molecular weight is 1190 g/mol. The molecular formula is C87H68N4O. The molecule has 0 bridgehead atoms. The SMILES string of the molecule is CC(C)(C)c1cc(-c2ccccc2)cc(-c2cccc(-c3ccc(-c4ccccc4)cc3)c2N2CN(c3cccc(Oc4ccc5c6c7c(ccc6n(-c6cc(C(C)(C)C)ccn6)c5c4)C4(c5ccccc5-c5ccccc54)c4ccccc4-7)c3)c3ccccc32)c1. The van der Waals surface area contributed by atoms with Crippen LogP contribution in [0.4, 0.5) is 22.7 Å². The van der Waals surface area contributed by atoms with E-state index in [1.54, 1.807) is 0 Å². The maximum Gasteiger partial charge on any atom is 0.137 e. The summed E-state index contributed by atoms with van der Waals surface area (Å²) in [5.41, 5.74) is 28.3. The first-order valence-corrected chi connectivity index (χ1v) is 32.2. The van der Waals surface area contributed by atoms with Crippen molar-refractivity contribution in [1.82, 2.24) is 9.55 Å². The van der Waals surface area contributed by atoms with E-state index >= 15 is 0 Å². The number of hydrogen-bond donors (Lipinski definition) is 0. The van der Waals surface area contributed by atoms with E-state index in [-0.39, 0.29) is 10.8 Å². The van der Waals surface area contributed by atoms with Crippen LogP contribution in [0.3, 0.4) is 0 Å². The van der Waals surface area contributed by atoms with Crippen molar-refractivity contribution in [3.05, 3.63) is 325 Å². The lowest BCUT2D eigenvalue weighted by Gasteiger charge is -2.30. The second-order valence-corrected chi connectivity index (χ2v) is 27.1. The number of rotatable bonds is 9. The summed E-state index contributed by atoms with van der Waals surface area (Å²) in [5.74, 6) is 2.36. The summed E-state index contributed by atoms with van der Waals surface area (Å²) in [7, 11) is 0. The van der Waals surface area contributed by atoms with Crippen molar-refractivity contribution in [3.63, 3.8) is 0 Å². The summed E-state index contributed by atoms with van der Waals surface area (Å²) in [4.78, 5) is 10.1. The fraction of sp³-hybridized carbons (Fsp3) is 0.115. The Bertz CT molecular complexity index is 5210. The largest absolute Gasteiger partial charge is 0.457 e. The number of hydrogen-bond acceptors (Lipinski definition) is 4. The number of pyridine rings is 1. The topological polar surface area (TPSA) is 33.5 Å². The Hall–Kier alpha value is -11.0. The van der Waals surface area contributed by atoms with Gasteiger partial charge in [0.15, 0.2) is 0 Å². The molecule has 0 atom stereocenters. The highest BCUT2D eigenvalue weighted by Crippen LogP contribution is 2.64. The van der Waals surface area contributed by atoms with Crippen molar-refractivity contribution in [2.75, 3.05) is 16.5 Å². The molecule has 0 fully saturated rings. The molecule has 442 valence electrons. The van der Waals surface area contributed by atoms with E-state index in [4.69, 9.17) is 9.72 Å². The third-order valence-electron chi connectivity index (χ3n) is 19.6. The third-order valence-corrected chi connectivity index (χ3v) is 19.6. The van der Waals surface area contributed by atoms with E-state index in [9.17, 15) is 0 Å². The van der Waals surface area contributed by atoms with Crippen LogP contribution in [0.5, 0.6) is 11.5 Å². The van der Waals surface area contributed by atoms with Crippen LogP contribution < -0.4 is 14.5 Å². The van der Waals surface area contributed by atoms with Gasteiger partial charge in [-0.1, -0.05) is 254 Å². The fourth-order valence-corrected chi connectivity index (χ4v) is 15.3. The zero-order chi connectivity index (χ0) is 62.0. The van der Waals surface area contributed by atoms with Gasteiger partial charge in [-0.05, 0) is 161 Å². The van der Waals surface area contributed by atoms with Crippen LogP contribution in [0.25, 0.3) is 94.4 Å². The highest BCUT2D eigenvalue weighted by Gasteiger charge is 2.52. The predicted octanol–water partition coefficient (Wildman–Crippen LogP) is 22.8. The molecule has 0 unspecified atom stereocenters. The molecule has 1 aliphatic heterocycles. The lowest BCUT2D eigenvalue weighted by atomic mass is 9.70. The first kappa shape index (κ1) is 55.1. The van der Waals surface area contributed by atoms with Crippen LogP contribution >= 0.6 is 0 Å². The maximum atomic E-state index is 7.16. The molecule has 2 aromatic heterocycles. The molecule has 0 saturated heterocycles. The Balaban J connectivity index is 0.791. The molecule has 0 N–H and O–H groups in total. The molecular weight excluding hydrogens is 1120 g/mol. The third kappa shape index (κ3) is 8.70. The van der Waals surface area contributed by atoms with Crippen LogP contribution in [0, 0.1) is 0 Å². The van der Waals surface area contributed by atoms with Crippen molar-refractivity contribution in [3.8, 4) is 84.1 Å². The minimum Gasteiger partial charge on any atom is -0.457 e. The molecule has 5 heteroatoms. The van der Waals surface area contributed by atoms with Gasteiger partial charge in [-0.15, -0.1) is 0 Å². The predicted molar refractivity (Wildman–Crippen MR) is 383 cm³/mol. The quantitative estimate of drug-likeness (QED) is 0.144. The molecule has 92 heavy (non-hydrogen) atoms. The van der Waals surface area contributed by atoms with E-state index in [0.717, 1.165) is 67.6 Å². The smallest absolute Gasteiger partial charge is 0.137 e. The zero-order valence-electron chi connectivity index (χ0n) is 52.6. The Morgan fingerprint density at radius 2 is 0.913 bits per heavy atom. The Labute approximate surface area is 538 Å². The summed E-state index contributed by atoms with van der Waals surface area (Å²) >= 11 is 0. The number of para-hydroxylation sites is 3. The van der Waals surface area contributed by atoms with Crippen LogP contribution in [0.15, 0.2) is 291 Å². The minimum atomic E-state index is -0.474. The van der Waals surface area contributed by atoms with Gasteiger partial charge in [0.1, 0.15) is 24.0 Å². The van der Waals surface area contributed by atoms with Gasteiger partial charge in [0, 0.05) is 45.9 Å². The molecule has 0 saturated carbocycles. The van der Waals surface area contributed by atoms with E-state index < -0.39 is 5.41 Å². The van der Waals surface area contributed by atoms with Crippen LogP contribution in [0.2, 0.25) is 0 Å². The maximum absolute atomic E-state index is 7.16. The van der Waals surface area contributed by atoms with E-state index in [0.29, 0.717) is 6.67 Å². The van der Waals surface area contributed by atoms with Crippen molar-refractivity contribution in [1.29, 1.82) is 0 Å².